The summed E-state index contributed by atoms with van der Waals surface area (Å²) in [5.41, 5.74) is 6.62. The molecule has 1 heterocycles. The molecular formula is C15H17N3O3. The van der Waals surface area contributed by atoms with Gasteiger partial charge < -0.3 is 19.8 Å². The van der Waals surface area contributed by atoms with E-state index in [0.717, 1.165) is 5.56 Å². The molecule has 0 amide bonds. The Morgan fingerprint density at radius 3 is 2.48 bits per heavy atom. The number of nitrogens with zero attached hydrogens (tertiary/aromatic N) is 1. The van der Waals surface area contributed by atoms with Gasteiger partial charge in [0.2, 0.25) is 0 Å². The lowest BCUT2D eigenvalue weighted by Crippen LogP contribution is -2.28. The lowest BCUT2D eigenvalue weighted by molar-refractivity contribution is 0.404. The molecule has 3 N–H and O–H groups in total. The van der Waals surface area contributed by atoms with Crippen LogP contribution < -0.4 is 20.8 Å². The molecule has 0 bridgehead atoms. The largest absolute Gasteiger partial charge is 0.497 e. The molecular weight excluding hydrogens is 270 g/mol. The van der Waals surface area contributed by atoms with Crippen molar-refractivity contribution < 1.29 is 9.47 Å². The molecule has 0 saturated carbocycles. The molecule has 0 aliphatic heterocycles. The van der Waals surface area contributed by atoms with Crippen molar-refractivity contribution >= 4 is 5.84 Å². The highest BCUT2D eigenvalue weighted by atomic mass is 16.5. The summed E-state index contributed by atoms with van der Waals surface area (Å²) in [6, 6.07) is 8.62. The van der Waals surface area contributed by atoms with E-state index in [2.05, 4.69) is 0 Å². The maximum absolute atomic E-state index is 12.2. The highest BCUT2D eigenvalue weighted by Crippen LogP contribution is 2.32. The predicted octanol–water partition coefficient (Wildman–Crippen LogP) is 1.35. The number of rotatable bonds is 4. The normalized spacial score (nSPS) is 10.2. The molecule has 0 atom stereocenters. The highest BCUT2D eigenvalue weighted by Gasteiger charge is 2.14. The van der Waals surface area contributed by atoms with Crippen molar-refractivity contribution in [2.24, 2.45) is 12.8 Å². The Morgan fingerprint density at radius 1 is 1.19 bits per heavy atom. The first-order chi connectivity index (χ1) is 9.99. The average Bonchev–Trinajstić information content (AvgIpc) is 2.49. The molecule has 1 aromatic heterocycles. The molecule has 0 unspecified atom stereocenters. The number of nitrogens with two attached hydrogens (primary N) is 1. The minimum absolute atomic E-state index is 0.170. The van der Waals surface area contributed by atoms with Gasteiger partial charge in [0.15, 0.2) is 0 Å². The molecule has 1 aromatic carbocycles. The van der Waals surface area contributed by atoms with E-state index >= 15 is 0 Å². The monoisotopic (exact) mass is 287 g/mol. The fraction of sp³-hybridized carbons (Fsp3) is 0.200. The summed E-state index contributed by atoms with van der Waals surface area (Å²) in [7, 11) is 4.76. The van der Waals surface area contributed by atoms with Gasteiger partial charge in [-0.3, -0.25) is 10.2 Å². The van der Waals surface area contributed by atoms with Gasteiger partial charge in [-0.05, 0) is 30.3 Å². The topological polar surface area (TPSA) is 90.3 Å². The third kappa shape index (κ3) is 2.60. The first kappa shape index (κ1) is 14.6. The van der Waals surface area contributed by atoms with Crippen LogP contribution in [0.15, 0.2) is 35.1 Å². The van der Waals surface area contributed by atoms with E-state index in [-0.39, 0.29) is 17.0 Å². The van der Waals surface area contributed by atoms with Crippen LogP contribution in [0.25, 0.3) is 11.3 Å². The van der Waals surface area contributed by atoms with Gasteiger partial charge in [-0.1, -0.05) is 0 Å². The van der Waals surface area contributed by atoms with Crippen molar-refractivity contribution in [1.82, 2.24) is 4.57 Å². The molecule has 2 aromatic rings. The molecule has 0 fully saturated rings. The van der Waals surface area contributed by atoms with Crippen molar-refractivity contribution in [2.45, 2.75) is 0 Å². The number of ether oxygens (including phenoxy) is 2. The van der Waals surface area contributed by atoms with E-state index < -0.39 is 0 Å². The highest BCUT2D eigenvalue weighted by molar-refractivity contribution is 5.94. The fourth-order valence-electron chi connectivity index (χ4n) is 2.13. The van der Waals surface area contributed by atoms with E-state index in [9.17, 15) is 4.79 Å². The van der Waals surface area contributed by atoms with Crippen LogP contribution in [0.2, 0.25) is 0 Å². The number of nitrogen functional groups attached to an aromatic ring is 1. The molecule has 6 heteroatoms. The lowest BCUT2D eigenvalue weighted by atomic mass is 10.1. The number of nitrogens with one attached hydrogen (secondary N) is 1. The summed E-state index contributed by atoms with van der Waals surface area (Å²) in [4.78, 5) is 12.2. The van der Waals surface area contributed by atoms with Gasteiger partial charge in [0.25, 0.3) is 5.56 Å². The Balaban J connectivity index is 2.70. The van der Waals surface area contributed by atoms with Crippen LogP contribution >= 0.6 is 0 Å². The van der Waals surface area contributed by atoms with Gasteiger partial charge in [-0.15, -0.1) is 0 Å². The number of hydrogen-bond acceptors (Lipinski definition) is 4. The Hall–Kier alpha value is -2.76. The summed E-state index contributed by atoms with van der Waals surface area (Å²) in [6.45, 7) is 0. The predicted molar refractivity (Wildman–Crippen MR) is 81.2 cm³/mol. The summed E-state index contributed by atoms with van der Waals surface area (Å²) >= 11 is 0. The van der Waals surface area contributed by atoms with Gasteiger partial charge in [-0.2, -0.15) is 0 Å². The number of amidine groups is 1. The van der Waals surface area contributed by atoms with Crippen LogP contribution in [0, 0.1) is 5.41 Å². The Labute approximate surface area is 122 Å². The number of benzene rings is 1. The summed E-state index contributed by atoms with van der Waals surface area (Å²) < 4.78 is 12.0. The van der Waals surface area contributed by atoms with E-state index in [1.54, 1.807) is 51.6 Å². The average molecular weight is 287 g/mol. The number of aromatic nitrogens is 1. The summed E-state index contributed by atoms with van der Waals surface area (Å²) in [5, 5.41) is 7.41. The quantitative estimate of drug-likeness (QED) is 0.656. The van der Waals surface area contributed by atoms with E-state index in [1.165, 1.54) is 4.57 Å². The van der Waals surface area contributed by atoms with Crippen molar-refractivity contribution in [2.75, 3.05) is 14.2 Å². The van der Waals surface area contributed by atoms with Crippen LogP contribution in [0.5, 0.6) is 11.5 Å². The molecule has 0 spiro atoms. The van der Waals surface area contributed by atoms with Crippen LogP contribution in [0.4, 0.5) is 0 Å². The molecule has 0 aliphatic carbocycles. The molecule has 110 valence electrons. The second-order valence-electron chi connectivity index (χ2n) is 4.48. The van der Waals surface area contributed by atoms with Crippen molar-refractivity contribution in [1.29, 1.82) is 5.41 Å². The molecule has 21 heavy (non-hydrogen) atoms. The summed E-state index contributed by atoms with van der Waals surface area (Å²) in [5.74, 6) is 1.04. The van der Waals surface area contributed by atoms with Crippen molar-refractivity contribution in [3.05, 3.63) is 46.2 Å². The second kappa shape index (κ2) is 5.70. The van der Waals surface area contributed by atoms with Gasteiger partial charge >= 0.3 is 0 Å². The molecule has 6 nitrogen and oxygen atoms in total. The zero-order valence-corrected chi connectivity index (χ0v) is 12.1. The van der Waals surface area contributed by atoms with Crippen LogP contribution in [0.3, 0.4) is 0 Å². The standard InChI is InChI=1S/C15H17N3O3/c1-18-12(6-5-10(14(16)17)15(18)19)11-8-9(20-2)4-7-13(11)21-3/h4-8H,1-3H3,(H3,16,17). The molecule has 0 saturated heterocycles. The first-order valence-electron chi connectivity index (χ1n) is 6.26. The fourth-order valence-corrected chi connectivity index (χ4v) is 2.13. The maximum atomic E-state index is 12.2. The van der Waals surface area contributed by atoms with Gasteiger partial charge in [0.05, 0.1) is 25.5 Å². The van der Waals surface area contributed by atoms with Gasteiger partial charge in [0.1, 0.15) is 17.3 Å². The maximum Gasteiger partial charge on any atom is 0.261 e. The van der Waals surface area contributed by atoms with Gasteiger partial charge in [0, 0.05) is 12.6 Å². The third-order valence-corrected chi connectivity index (χ3v) is 3.28. The molecule has 0 radical (unpaired) electrons. The SMILES string of the molecule is COc1ccc(OC)c(-c2ccc(C(=N)N)c(=O)n2C)c1. The van der Waals surface area contributed by atoms with E-state index in [4.69, 9.17) is 20.6 Å². The third-order valence-electron chi connectivity index (χ3n) is 3.28. The number of pyridine rings is 1. The van der Waals surface area contributed by atoms with E-state index in [0.29, 0.717) is 17.2 Å². The summed E-state index contributed by atoms with van der Waals surface area (Å²) in [6.07, 6.45) is 0. The lowest BCUT2D eigenvalue weighted by Gasteiger charge is -2.14. The second-order valence-corrected chi connectivity index (χ2v) is 4.48. The Bertz CT molecular complexity index is 750. The van der Waals surface area contributed by atoms with Crippen molar-refractivity contribution in [3.63, 3.8) is 0 Å². The van der Waals surface area contributed by atoms with Gasteiger partial charge in [-0.25, -0.2) is 0 Å². The first-order valence-corrected chi connectivity index (χ1v) is 6.26. The van der Waals surface area contributed by atoms with Crippen LogP contribution in [0.1, 0.15) is 5.56 Å². The molecule has 2 rings (SSSR count). The zero-order valence-electron chi connectivity index (χ0n) is 12.1. The Morgan fingerprint density at radius 2 is 1.90 bits per heavy atom. The van der Waals surface area contributed by atoms with Crippen molar-refractivity contribution in [3.8, 4) is 22.8 Å². The van der Waals surface area contributed by atoms with E-state index in [1.807, 2.05) is 0 Å². The van der Waals surface area contributed by atoms with Crippen LogP contribution in [-0.2, 0) is 7.05 Å². The minimum Gasteiger partial charge on any atom is -0.497 e. The van der Waals surface area contributed by atoms with Crippen LogP contribution in [-0.4, -0.2) is 24.6 Å². The number of hydrogen-bond donors (Lipinski definition) is 2. The smallest absolute Gasteiger partial charge is 0.261 e. The number of methoxy groups -OCH3 is 2. The molecule has 0 aliphatic rings. The Kier molecular flexibility index (Phi) is 3.98. The zero-order chi connectivity index (χ0) is 15.6. The minimum atomic E-state index is -0.329.